The van der Waals surface area contributed by atoms with E-state index in [0.29, 0.717) is 41.6 Å². The maximum absolute atomic E-state index is 12.8. The predicted octanol–water partition coefficient (Wildman–Crippen LogP) is 2.63. The summed E-state index contributed by atoms with van der Waals surface area (Å²) in [7, 11) is 5.04. The summed E-state index contributed by atoms with van der Waals surface area (Å²) in [6.45, 7) is -2.18. The van der Waals surface area contributed by atoms with E-state index in [1.807, 2.05) is 18.2 Å². The lowest BCUT2D eigenvalue weighted by atomic mass is 10.1. The number of nitrogens with one attached hydrogen (secondary N) is 2. The zero-order valence-corrected chi connectivity index (χ0v) is 18.2. The molecule has 0 saturated carbocycles. The minimum atomic E-state index is -2.96. The Morgan fingerprint density at radius 1 is 1.19 bits per heavy atom. The topological polar surface area (TPSA) is 84.4 Å². The predicted molar refractivity (Wildman–Crippen MR) is 116 cm³/mol. The number of nitrogens with zero attached hydrogens (tertiary/aromatic N) is 2. The lowest BCUT2D eigenvalue weighted by molar-refractivity contribution is -0.0505. The lowest BCUT2D eigenvalue weighted by Gasteiger charge is -2.15. The molecule has 0 spiro atoms. The van der Waals surface area contributed by atoms with Gasteiger partial charge in [-0.25, -0.2) is 0 Å². The van der Waals surface area contributed by atoms with Crippen LogP contribution in [0, 0.1) is 0 Å². The summed E-state index contributed by atoms with van der Waals surface area (Å²) in [5.41, 5.74) is 2.11. The van der Waals surface area contributed by atoms with Crippen molar-refractivity contribution in [2.24, 2.45) is 4.99 Å². The van der Waals surface area contributed by atoms with Crippen LogP contribution in [-0.4, -0.2) is 57.9 Å². The Bertz CT molecular complexity index is 982. The summed E-state index contributed by atoms with van der Waals surface area (Å²) >= 11 is 0. The molecule has 0 atom stereocenters. The largest absolute Gasteiger partial charge is 0.454 e. The molecule has 8 nitrogen and oxygen atoms in total. The van der Waals surface area contributed by atoms with Crippen molar-refractivity contribution in [1.29, 1.82) is 0 Å². The van der Waals surface area contributed by atoms with Crippen LogP contribution in [0.4, 0.5) is 8.78 Å². The molecule has 0 bridgehead atoms. The minimum Gasteiger partial charge on any atom is -0.454 e. The van der Waals surface area contributed by atoms with Crippen molar-refractivity contribution in [2.75, 3.05) is 34.5 Å². The summed E-state index contributed by atoms with van der Waals surface area (Å²) < 4.78 is 40.8. The Labute approximate surface area is 185 Å². The molecule has 32 heavy (non-hydrogen) atoms. The molecule has 1 aliphatic heterocycles. The molecule has 0 unspecified atom stereocenters. The van der Waals surface area contributed by atoms with Gasteiger partial charge in [0.05, 0.1) is 0 Å². The SMILES string of the molecule is CN=C(NCCc1cccc(C(=O)N(C)C)c1)NCc1cc2c(cc1OC(F)F)OCO2. The van der Waals surface area contributed by atoms with Gasteiger partial charge in [-0.2, -0.15) is 8.78 Å². The molecule has 0 fully saturated rings. The number of alkyl halides is 2. The van der Waals surface area contributed by atoms with Gasteiger partial charge >= 0.3 is 6.61 Å². The van der Waals surface area contributed by atoms with Crippen LogP contribution in [-0.2, 0) is 13.0 Å². The number of carbonyl (C=O) groups is 1. The summed E-state index contributed by atoms with van der Waals surface area (Å²) in [6, 6.07) is 10.4. The van der Waals surface area contributed by atoms with Gasteiger partial charge in [0.1, 0.15) is 5.75 Å². The number of guanidine groups is 1. The van der Waals surface area contributed by atoms with Crippen LogP contribution in [0.5, 0.6) is 17.2 Å². The molecule has 1 aliphatic rings. The van der Waals surface area contributed by atoms with E-state index < -0.39 is 6.61 Å². The molecule has 0 aromatic heterocycles. The molecule has 2 aromatic carbocycles. The third-order valence-electron chi connectivity index (χ3n) is 4.73. The molecule has 2 aromatic rings. The number of amides is 1. The van der Waals surface area contributed by atoms with Crippen molar-refractivity contribution in [2.45, 2.75) is 19.6 Å². The van der Waals surface area contributed by atoms with E-state index in [1.54, 1.807) is 33.3 Å². The lowest BCUT2D eigenvalue weighted by Crippen LogP contribution is -2.38. The maximum atomic E-state index is 12.8. The smallest absolute Gasteiger partial charge is 0.387 e. The zero-order valence-electron chi connectivity index (χ0n) is 18.2. The van der Waals surface area contributed by atoms with Crippen LogP contribution in [0.3, 0.4) is 0 Å². The summed E-state index contributed by atoms with van der Waals surface area (Å²) in [5.74, 6) is 1.28. The Balaban J connectivity index is 1.57. The number of halogens is 2. The molecule has 0 saturated heterocycles. The first-order valence-electron chi connectivity index (χ1n) is 10.00. The van der Waals surface area contributed by atoms with Gasteiger partial charge in [-0.15, -0.1) is 0 Å². The van der Waals surface area contributed by atoms with Crippen molar-refractivity contribution in [3.8, 4) is 17.2 Å². The van der Waals surface area contributed by atoms with E-state index in [0.717, 1.165) is 5.56 Å². The van der Waals surface area contributed by atoms with E-state index in [2.05, 4.69) is 20.4 Å². The minimum absolute atomic E-state index is 0.00887. The molecule has 2 N–H and O–H groups in total. The second kappa shape index (κ2) is 10.7. The number of carbonyl (C=O) groups excluding carboxylic acids is 1. The molecule has 0 radical (unpaired) electrons. The Morgan fingerprint density at radius 3 is 2.62 bits per heavy atom. The van der Waals surface area contributed by atoms with E-state index in [9.17, 15) is 13.6 Å². The fourth-order valence-corrected chi connectivity index (χ4v) is 3.15. The van der Waals surface area contributed by atoms with Gasteiger partial charge in [0.15, 0.2) is 17.5 Å². The van der Waals surface area contributed by atoms with Gasteiger partial charge in [-0.1, -0.05) is 12.1 Å². The van der Waals surface area contributed by atoms with Crippen LogP contribution < -0.4 is 24.8 Å². The quantitative estimate of drug-likeness (QED) is 0.477. The fraction of sp³-hybridized carbons (Fsp3) is 0.364. The molecular weight excluding hydrogens is 422 g/mol. The fourth-order valence-electron chi connectivity index (χ4n) is 3.15. The number of aliphatic imine (C=N–C) groups is 1. The summed E-state index contributed by atoms with van der Waals surface area (Å²) in [6.07, 6.45) is 0.666. The van der Waals surface area contributed by atoms with Crippen molar-refractivity contribution < 1.29 is 27.8 Å². The standard InChI is InChI=1S/C22H26F2N4O4/c1-25-22(26-8-7-14-5-4-6-15(9-14)20(29)28(2)3)27-12-16-10-18-19(31-13-30-18)11-17(16)32-21(23)24/h4-6,9-11,21H,7-8,12-13H2,1-3H3,(H2,25,26,27). The van der Waals surface area contributed by atoms with Crippen molar-refractivity contribution in [3.05, 3.63) is 53.1 Å². The van der Waals surface area contributed by atoms with Crippen molar-refractivity contribution in [3.63, 3.8) is 0 Å². The highest BCUT2D eigenvalue weighted by Gasteiger charge is 2.20. The normalized spacial score (nSPS) is 12.6. The van der Waals surface area contributed by atoms with E-state index in [4.69, 9.17) is 9.47 Å². The Hall–Kier alpha value is -3.56. The van der Waals surface area contributed by atoms with E-state index in [1.165, 1.54) is 11.0 Å². The zero-order chi connectivity index (χ0) is 23.1. The van der Waals surface area contributed by atoms with Gasteiger partial charge in [0.2, 0.25) is 6.79 Å². The van der Waals surface area contributed by atoms with Crippen molar-refractivity contribution in [1.82, 2.24) is 15.5 Å². The molecule has 0 aliphatic carbocycles. The number of hydrogen-bond donors (Lipinski definition) is 2. The second-order valence-corrected chi connectivity index (χ2v) is 7.19. The maximum Gasteiger partial charge on any atom is 0.387 e. The molecule has 10 heteroatoms. The van der Waals surface area contributed by atoms with Gasteiger partial charge in [0.25, 0.3) is 5.91 Å². The van der Waals surface area contributed by atoms with Gasteiger partial charge in [0, 0.05) is 51.4 Å². The first-order valence-corrected chi connectivity index (χ1v) is 10.00. The van der Waals surface area contributed by atoms with E-state index >= 15 is 0 Å². The Morgan fingerprint density at radius 2 is 1.94 bits per heavy atom. The van der Waals surface area contributed by atoms with Gasteiger partial charge < -0.3 is 29.7 Å². The van der Waals surface area contributed by atoms with Crippen molar-refractivity contribution >= 4 is 11.9 Å². The van der Waals surface area contributed by atoms with Crippen LogP contribution in [0.15, 0.2) is 41.4 Å². The monoisotopic (exact) mass is 448 g/mol. The highest BCUT2D eigenvalue weighted by molar-refractivity contribution is 5.94. The van der Waals surface area contributed by atoms with Crippen LogP contribution in [0.1, 0.15) is 21.5 Å². The third kappa shape index (κ3) is 5.99. The summed E-state index contributed by atoms with van der Waals surface area (Å²) in [4.78, 5) is 17.8. The average Bonchev–Trinajstić information content (AvgIpc) is 3.22. The van der Waals surface area contributed by atoms with E-state index in [-0.39, 0.29) is 25.0 Å². The first kappa shape index (κ1) is 23.1. The average molecular weight is 448 g/mol. The van der Waals surface area contributed by atoms with Crippen LogP contribution in [0.25, 0.3) is 0 Å². The highest BCUT2D eigenvalue weighted by atomic mass is 19.3. The number of fused-ring (bicyclic) bond motifs is 1. The number of hydrogen-bond acceptors (Lipinski definition) is 5. The molecule has 172 valence electrons. The molecular formula is C22H26F2N4O4. The second-order valence-electron chi connectivity index (χ2n) is 7.19. The molecule has 1 amide bonds. The summed E-state index contributed by atoms with van der Waals surface area (Å²) in [5, 5.41) is 6.25. The van der Waals surface area contributed by atoms with Gasteiger partial charge in [-0.05, 0) is 30.2 Å². The molecule has 1 heterocycles. The van der Waals surface area contributed by atoms with Crippen LogP contribution in [0.2, 0.25) is 0 Å². The van der Waals surface area contributed by atoms with Crippen LogP contribution >= 0.6 is 0 Å². The number of ether oxygens (including phenoxy) is 3. The number of rotatable bonds is 8. The third-order valence-corrected chi connectivity index (χ3v) is 4.73. The van der Waals surface area contributed by atoms with Gasteiger partial charge in [-0.3, -0.25) is 9.79 Å². The first-order chi connectivity index (χ1) is 15.4. The Kier molecular flexibility index (Phi) is 7.69. The molecule has 3 rings (SSSR count). The number of benzene rings is 2. The highest BCUT2D eigenvalue weighted by Crippen LogP contribution is 2.38.